The molecule has 0 spiro atoms. The zero-order chi connectivity index (χ0) is 15.9. The third-order valence-electron chi connectivity index (χ3n) is 3.75. The molecule has 0 atom stereocenters. The van der Waals surface area contributed by atoms with E-state index in [1.54, 1.807) is 0 Å². The molecule has 0 aromatic rings. The SMILES string of the molecule is CC(C)NC1CCN(CC(F)(F)CCCOC(C)C)CC1. The summed E-state index contributed by atoms with van der Waals surface area (Å²) in [5.74, 6) is -2.60. The molecule has 1 fully saturated rings. The largest absolute Gasteiger partial charge is 0.379 e. The van der Waals surface area contributed by atoms with Crippen molar-refractivity contribution >= 4 is 0 Å². The van der Waals surface area contributed by atoms with Gasteiger partial charge in [-0.2, -0.15) is 0 Å². The van der Waals surface area contributed by atoms with Crippen molar-refractivity contribution in [2.75, 3.05) is 26.2 Å². The van der Waals surface area contributed by atoms with Crippen LogP contribution < -0.4 is 5.32 Å². The van der Waals surface area contributed by atoms with Crippen LogP contribution in [0.2, 0.25) is 0 Å². The first kappa shape index (κ1) is 18.8. The molecule has 1 heterocycles. The van der Waals surface area contributed by atoms with Gasteiger partial charge in [0.05, 0.1) is 12.6 Å². The third-order valence-corrected chi connectivity index (χ3v) is 3.75. The first-order chi connectivity index (χ1) is 9.78. The van der Waals surface area contributed by atoms with Crippen molar-refractivity contribution in [3.05, 3.63) is 0 Å². The average Bonchev–Trinajstić information content (AvgIpc) is 2.36. The summed E-state index contributed by atoms with van der Waals surface area (Å²) in [6, 6.07) is 0.943. The van der Waals surface area contributed by atoms with Crippen LogP contribution in [0.1, 0.15) is 53.4 Å². The lowest BCUT2D eigenvalue weighted by Crippen LogP contribution is -2.47. The highest BCUT2D eigenvalue weighted by Gasteiger charge is 2.32. The van der Waals surface area contributed by atoms with E-state index in [0.717, 1.165) is 25.9 Å². The first-order valence-electron chi connectivity index (χ1n) is 8.26. The molecule has 1 N–H and O–H groups in total. The van der Waals surface area contributed by atoms with Gasteiger partial charge in [0.15, 0.2) is 0 Å². The standard InChI is InChI=1S/C16H32F2N2O/c1-13(2)19-15-6-9-20(10-7-15)12-16(17,18)8-5-11-21-14(3)4/h13-15,19H,5-12H2,1-4H3. The van der Waals surface area contributed by atoms with E-state index in [1.807, 2.05) is 18.7 Å². The molecule has 0 aromatic carbocycles. The van der Waals surface area contributed by atoms with E-state index in [-0.39, 0.29) is 19.1 Å². The van der Waals surface area contributed by atoms with Crippen molar-refractivity contribution in [1.82, 2.24) is 10.2 Å². The van der Waals surface area contributed by atoms with Crippen LogP contribution in [0.3, 0.4) is 0 Å². The molecular weight excluding hydrogens is 274 g/mol. The molecule has 0 saturated carbocycles. The maximum Gasteiger partial charge on any atom is 0.260 e. The van der Waals surface area contributed by atoms with Gasteiger partial charge in [-0.1, -0.05) is 13.8 Å². The van der Waals surface area contributed by atoms with E-state index in [4.69, 9.17) is 4.74 Å². The zero-order valence-corrected chi connectivity index (χ0v) is 14.0. The van der Waals surface area contributed by atoms with Gasteiger partial charge >= 0.3 is 0 Å². The van der Waals surface area contributed by atoms with Crippen LogP contribution in [0.5, 0.6) is 0 Å². The second kappa shape index (κ2) is 9.01. The van der Waals surface area contributed by atoms with Gasteiger partial charge in [-0.25, -0.2) is 8.78 Å². The number of nitrogens with one attached hydrogen (secondary N) is 1. The van der Waals surface area contributed by atoms with Gasteiger partial charge in [0.1, 0.15) is 0 Å². The lowest BCUT2D eigenvalue weighted by atomic mass is 10.0. The van der Waals surface area contributed by atoms with E-state index in [2.05, 4.69) is 19.2 Å². The molecule has 0 aliphatic carbocycles. The quantitative estimate of drug-likeness (QED) is 0.662. The van der Waals surface area contributed by atoms with Gasteiger partial charge < -0.3 is 10.1 Å². The monoisotopic (exact) mass is 306 g/mol. The Hall–Kier alpha value is -0.260. The molecule has 0 unspecified atom stereocenters. The van der Waals surface area contributed by atoms with E-state index in [1.165, 1.54) is 0 Å². The molecule has 1 aliphatic rings. The van der Waals surface area contributed by atoms with Crippen molar-refractivity contribution < 1.29 is 13.5 Å². The lowest BCUT2D eigenvalue weighted by Gasteiger charge is -2.35. The van der Waals surface area contributed by atoms with Crippen LogP contribution in [0.25, 0.3) is 0 Å². The van der Waals surface area contributed by atoms with E-state index >= 15 is 0 Å². The van der Waals surface area contributed by atoms with Crippen LogP contribution in [0.4, 0.5) is 8.78 Å². The summed E-state index contributed by atoms with van der Waals surface area (Å²) in [5, 5.41) is 3.49. The van der Waals surface area contributed by atoms with E-state index < -0.39 is 5.92 Å². The molecule has 0 aromatic heterocycles. The maximum atomic E-state index is 13.9. The number of piperidine rings is 1. The minimum atomic E-state index is -2.60. The average molecular weight is 306 g/mol. The fourth-order valence-corrected chi connectivity index (χ4v) is 2.79. The number of ether oxygens (including phenoxy) is 1. The minimum absolute atomic E-state index is 0.0795. The Labute approximate surface area is 128 Å². The Morgan fingerprint density at radius 2 is 1.81 bits per heavy atom. The molecule has 126 valence electrons. The molecule has 0 amide bonds. The number of halogens is 2. The van der Waals surface area contributed by atoms with Crippen LogP contribution in [0.15, 0.2) is 0 Å². The topological polar surface area (TPSA) is 24.5 Å². The van der Waals surface area contributed by atoms with Crippen molar-refractivity contribution in [3.63, 3.8) is 0 Å². The number of hydrogen-bond donors (Lipinski definition) is 1. The Bertz CT molecular complexity index is 277. The molecule has 1 aliphatic heterocycles. The lowest BCUT2D eigenvalue weighted by molar-refractivity contribution is -0.0521. The highest BCUT2D eigenvalue weighted by Crippen LogP contribution is 2.24. The molecule has 0 bridgehead atoms. The van der Waals surface area contributed by atoms with Gasteiger partial charge in [0, 0.05) is 25.1 Å². The predicted molar refractivity (Wildman–Crippen MR) is 83.0 cm³/mol. The number of hydrogen-bond acceptors (Lipinski definition) is 3. The summed E-state index contributed by atoms with van der Waals surface area (Å²) in [5.41, 5.74) is 0. The normalized spacial score (nSPS) is 18.9. The maximum absolute atomic E-state index is 13.9. The minimum Gasteiger partial charge on any atom is -0.379 e. The van der Waals surface area contributed by atoms with Crippen molar-refractivity contribution in [2.24, 2.45) is 0 Å². The second-order valence-corrected chi connectivity index (χ2v) is 6.75. The van der Waals surface area contributed by atoms with Crippen LogP contribution in [-0.2, 0) is 4.74 Å². The summed E-state index contributed by atoms with van der Waals surface area (Å²) in [7, 11) is 0. The molecule has 1 saturated heterocycles. The van der Waals surface area contributed by atoms with Gasteiger partial charge in [-0.15, -0.1) is 0 Å². The molecule has 3 nitrogen and oxygen atoms in total. The first-order valence-corrected chi connectivity index (χ1v) is 8.26. The summed E-state index contributed by atoms with van der Waals surface area (Å²) in [6.45, 7) is 9.95. The highest BCUT2D eigenvalue weighted by molar-refractivity contribution is 4.81. The summed E-state index contributed by atoms with van der Waals surface area (Å²) in [6.07, 6.45) is 2.39. The molecule has 1 rings (SSSR count). The number of likely N-dealkylation sites (tertiary alicyclic amines) is 1. The van der Waals surface area contributed by atoms with Crippen molar-refractivity contribution in [3.8, 4) is 0 Å². The second-order valence-electron chi connectivity index (χ2n) is 6.75. The van der Waals surface area contributed by atoms with E-state index in [0.29, 0.717) is 25.1 Å². The summed E-state index contributed by atoms with van der Waals surface area (Å²) >= 11 is 0. The van der Waals surface area contributed by atoms with Gasteiger partial charge in [-0.3, -0.25) is 4.90 Å². The van der Waals surface area contributed by atoms with Crippen LogP contribution in [0, 0.1) is 0 Å². The molecule has 5 heteroatoms. The Kier molecular flexibility index (Phi) is 8.06. The molecular formula is C16H32F2N2O. The highest BCUT2D eigenvalue weighted by atomic mass is 19.3. The Morgan fingerprint density at radius 3 is 2.33 bits per heavy atom. The molecule has 0 radical (unpaired) electrons. The van der Waals surface area contributed by atoms with Crippen LogP contribution >= 0.6 is 0 Å². The smallest absolute Gasteiger partial charge is 0.260 e. The van der Waals surface area contributed by atoms with Gasteiger partial charge in [0.25, 0.3) is 5.92 Å². The fourth-order valence-electron chi connectivity index (χ4n) is 2.79. The zero-order valence-electron chi connectivity index (χ0n) is 14.0. The van der Waals surface area contributed by atoms with Gasteiger partial charge in [0.2, 0.25) is 0 Å². The van der Waals surface area contributed by atoms with E-state index in [9.17, 15) is 8.78 Å². The van der Waals surface area contributed by atoms with Crippen molar-refractivity contribution in [1.29, 1.82) is 0 Å². The third kappa shape index (κ3) is 8.69. The number of nitrogens with zero attached hydrogens (tertiary/aromatic N) is 1. The number of rotatable bonds is 9. The predicted octanol–water partition coefficient (Wildman–Crippen LogP) is 3.29. The van der Waals surface area contributed by atoms with Gasteiger partial charge in [-0.05, 0) is 46.2 Å². The van der Waals surface area contributed by atoms with Crippen molar-refractivity contribution in [2.45, 2.75) is 77.5 Å². The summed E-state index contributed by atoms with van der Waals surface area (Å²) in [4.78, 5) is 1.90. The summed E-state index contributed by atoms with van der Waals surface area (Å²) < 4.78 is 33.2. The Balaban J connectivity index is 2.20. The number of alkyl halides is 2. The Morgan fingerprint density at radius 1 is 1.19 bits per heavy atom. The van der Waals surface area contributed by atoms with Crippen LogP contribution in [-0.4, -0.2) is 55.3 Å². The fraction of sp³-hybridized carbons (Fsp3) is 1.00. The molecule has 21 heavy (non-hydrogen) atoms.